The minimum absolute atomic E-state index is 0.0233. The number of hydrogen-bond donors (Lipinski definition) is 2. The lowest BCUT2D eigenvalue weighted by Crippen LogP contribution is -2.47. The number of benzene rings is 1. The predicted octanol–water partition coefficient (Wildman–Crippen LogP) is 1.64. The summed E-state index contributed by atoms with van der Waals surface area (Å²) in [5.41, 5.74) is 6.54. The molecule has 0 bridgehead atoms. The van der Waals surface area contributed by atoms with E-state index in [0.29, 0.717) is 0 Å². The highest BCUT2D eigenvalue weighted by Crippen LogP contribution is 2.32. The lowest BCUT2D eigenvalue weighted by Gasteiger charge is -2.20. The van der Waals surface area contributed by atoms with Crippen LogP contribution in [0.4, 0.5) is 5.69 Å². The Morgan fingerprint density at radius 2 is 2.05 bits per heavy atom. The van der Waals surface area contributed by atoms with E-state index in [2.05, 4.69) is 38.3 Å². The van der Waals surface area contributed by atoms with Crippen LogP contribution in [0.3, 0.4) is 0 Å². The molecular weight excluding hydrogens is 306 g/mol. The summed E-state index contributed by atoms with van der Waals surface area (Å²) in [4.78, 5) is 14.2. The number of carbonyl (C=O) groups is 1. The Kier molecular flexibility index (Phi) is 3.27. The summed E-state index contributed by atoms with van der Waals surface area (Å²) in [6, 6.07) is 8.50. The van der Waals surface area contributed by atoms with E-state index in [-0.39, 0.29) is 11.9 Å². The number of nitrogens with one attached hydrogen (secondary N) is 1. The number of rotatable bonds is 3. The summed E-state index contributed by atoms with van der Waals surface area (Å²) >= 11 is 3.44. The second kappa shape index (κ2) is 4.80. The fourth-order valence-electron chi connectivity index (χ4n) is 2.46. The molecule has 3 N–H and O–H groups in total. The van der Waals surface area contributed by atoms with Gasteiger partial charge in [-0.15, -0.1) is 0 Å². The number of nitrogens with two attached hydrogens (primary N) is 1. The highest BCUT2D eigenvalue weighted by Gasteiger charge is 2.46. The Hall–Kier alpha value is -1.07. The predicted molar refractivity (Wildman–Crippen MR) is 79.1 cm³/mol. The average Bonchev–Trinajstić information content (AvgIpc) is 2.98. The van der Waals surface area contributed by atoms with Gasteiger partial charge in [0.1, 0.15) is 0 Å². The molecule has 4 nitrogen and oxygen atoms in total. The summed E-state index contributed by atoms with van der Waals surface area (Å²) in [5, 5.41) is 3.08. The Labute approximate surface area is 121 Å². The minimum atomic E-state index is -0.564. The fourth-order valence-corrected chi connectivity index (χ4v) is 2.72. The van der Waals surface area contributed by atoms with Crippen LogP contribution >= 0.6 is 15.9 Å². The van der Waals surface area contributed by atoms with Crippen LogP contribution in [-0.2, 0) is 4.79 Å². The zero-order chi connectivity index (χ0) is 13.5. The Morgan fingerprint density at radius 3 is 2.68 bits per heavy atom. The topological polar surface area (TPSA) is 58.4 Å². The summed E-state index contributed by atoms with van der Waals surface area (Å²) in [5.74, 6) is 0.0233. The Morgan fingerprint density at radius 1 is 1.37 bits per heavy atom. The van der Waals surface area contributed by atoms with Gasteiger partial charge in [0.2, 0.25) is 5.91 Å². The van der Waals surface area contributed by atoms with Crippen molar-refractivity contribution in [1.29, 1.82) is 0 Å². The van der Waals surface area contributed by atoms with Gasteiger partial charge in [0.15, 0.2) is 0 Å². The minimum Gasteiger partial charge on any atom is -0.369 e. The van der Waals surface area contributed by atoms with E-state index < -0.39 is 5.54 Å². The molecule has 1 aromatic rings. The van der Waals surface area contributed by atoms with Gasteiger partial charge in [-0.05, 0) is 43.5 Å². The van der Waals surface area contributed by atoms with Gasteiger partial charge >= 0.3 is 0 Å². The van der Waals surface area contributed by atoms with Gasteiger partial charge in [-0.2, -0.15) is 0 Å². The molecule has 0 aromatic heterocycles. The molecule has 1 aliphatic carbocycles. The molecule has 5 heteroatoms. The van der Waals surface area contributed by atoms with Gasteiger partial charge in [0.25, 0.3) is 0 Å². The highest BCUT2D eigenvalue weighted by molar-refractivity contribution is 9.10. The van der Waals surface area contributed by atoms with Gasteiger partial charge in [-0.1, -0.05) is 15.9 Å². The van der Waals surface area contributed by atoms with Crippen LogP contribution in [-0.4, -0.2) is 30.6 Å². The highest BCUT2D eigenvalue weighted by atomic mass is 79.9. The van der Waals surface area contributed by atoms with Crippen molar-refractivity contribution in [2.75, 3.05) is 18.0 Å². The average molecular weight is 324 g/mol. The third-order valence-corrected chi connectivity index (χ3v) is 4.48. The Balaban J connectivity index is 1.58. The molecule has 1 aromatic carbocycles. The van der Waals surface area contributed by atoms with Crippen LogP contribution in [0.1, 0.15) is 19.3 Å². The van der Waals surface area contributed by atoms with Crippen molar-refractivity contribution in [1.82, 2.24) is 5.32 Å². The van der Waals surface area contributed by atoms with E-state index in [9.17, 15) is 4.79 Å². The number of hydrogen-bond acceptors (Lipinski definition) is 3. The van der Waals surface area contributed by atoms with Crippen LogP contribution in [0.2, 0.25) is 0 Å². The first-order valence-electron chi connectivity index (χ1n) is 6.67. The van der Waals surface area contributed by atoms with Crippen LogP contribution in [0.25, 0.3) is 0 Å². The molecule has 3 rings (SSSR count). The van der Waals surface area contributed by atoms with Crippen molar-refractivity contribution in [2.24, 2.45) is 5.73 Å². The van der Waals surface area contributed by atoms with Gasteiger partial charge < -0.3 is 16.0 Å². The molecule has 0 radical (unpaired) electrons. The number of carbonyl (C=O) groups excluding carboxylic acids is 1. The monoisotopic (exact) mass is 323 g/mol. The second-order valence-electron chi connectivity index (χ2n) is 5.54. The van der Waals surface area contributed by atoms with Crippen molar-refractivity contribution < 1.29 is 4.79 Å². The maximum absolute atomic E-state index is 11.9. The molecule has 102 valence electrons. The standard InChI is InChI=1S/C14H18BrN3O/c15-10-1-3-12(4-2-10)18-8-5-11(9-18)17-13(19)14(16)6-7-14/h1-4,11H,5-9,16H2,(H,17,19). The quantitative estimate of drug-likeness (QED) is 0.889. The maximum Gasteiger partial charge on any atom is 0.240 e. The van der Waals surface area contributed by atoms with Crippen LogP contribution in [0, 0.1) is 0 Å². The number of nitrogens with zero attached hydrogens (tertiary/aromatic N) is 1. The summed E-state index contributed by atoms with van der Waals surface area (Å²) in [7, 11) is 0. The first-order chi connectivity index (χ1) is 9.07. The number of amides is 1. The van der Waals surface area contributed by atoms with Crippen LogP contribution < -0.4 is 16.0 Å². The fraction of sp³-hybridized carbons (Fsp3) is 0.500. The van der Waals surface area contributed by atoms with E-state index in [0.717, 1.165) is 36.8 Å². The van der Waals surface area contributed by atoms with E-state index in [1.807, 2.05) is 12.1 Å². The van der Waals surface area contributed by atoms with E-state index in [1.165, 1.54) is 5.69 Å². The zero-order valence-corrected chi connectivity index (χ0v) is 12.3. The van der Waals surface area contributed by atoms with E-state index in [4.69, 9.17) is 5.73 Å². The van der Waals surface area contributed by atoms with E-state index >= 15 is 0 Å². The second-order valence-corrected chi connectivity index (χ2v) is 6.45. The van der Waals surface area contributed by atoms with Gasteiger partial charge in [0, 0.05) is 29.3 Å². The van der Waals surface area contributed by atoms with Crippen molar-refractivity contribution in [2.45, 2.75) is 30.8 Å². The summed E-state index contributed by atoms with van der Waals surface area (Å²) in [6.45, 7) is 1.84. The molecule has 19 heavy (non-hydrogen) atoms. The maximum atomic E-state index is 11.9. The van der Waals surface area contributed by atoms with Crippen LogP contribution in [0.15, 0.2) is 28.7 Å². The third-order valence-electron chi connectivity index (χ3n) is 3.96. The van der Waals surface area contributed by atoms with Gasteiger partial charge in [-0.25, -0.2) is 0 Å². The zero-order valence-electron chi connectivity index (χ0n) is 10.7. The largest absolute Gasteiger partial charge is 0.369 e. The lowest BCUT2D eigenvalue weighted by molar-refractivity contribution is -0.123. The summed E-state index contributed by atoms with van der Waals surface area (Å²) in [6.07, 6.45) is 2.63. The molecule has 1 saturated carbocycles. The normalized spacial score (nSPS) is 24.3. The molecular formula is C14H18BrN3O. The molecule has 1 amide bonds. The number of anilines is 1. The van der Waals surface area contributed by atoms with Crippen molar-refractivity contribution in [3.05, 3.63) is 28.7 Å². The first-order valence-corrected chi connectivity index (χ1v) is 7.46. The van der Waals surface area contributed by atoms with Crippen molar-refractivity contribution in [3.8, 4) is 0 Å². The molecule has 1 unspecified atom stereocenters. The van der Waals surface area contributed by atoms with Crippen molar-refractivity contribution >= 4 is 27.5 Å². The molecule has 1 saturated heterocycles. The molecule has 2 fully saturated rings. The van der Waals surface area contributed by atoms with Crippen molar-refractivity contribution in [3.63, 3.8) is 0 Å². The SMILES string of the molecule is NC1(C(=O)NC2CCN(c3ccc(Br)cc3)C2)CC1. The third kappa shape index (κ3) is 2.77. The number of halogens is 1. The van der Waals surface area contributed by atoms with Gasteiger partial charge in [-0.3, -0.25) is 4.79 Å². The molecule has 0 spiro atoms. The first kappa shape index (κ1) is 12.9. The van der Waals surface area contributed by atoms with E-state index in [1.54, 1.807) is 0 Å². The molecule has 1 heterocycles. The van der Waals surface area contributed by atoms with Crippen LogP contribution in [0.5, 0.6) is 0 Å². The molecule has 1 aliphatic heterocycles. The lowest BCUT2D eigenvalue weighted by atomic mass is 10.2. The van der Waals surface area contributed by atoms with Gasteiger partial charge in [0.05, 0.1) is 5.54 Å². The molecule has 1 atom stereocenters. The molecule has 2 aliphatic rings. The smallest absolute Gasteiger partial charge is 0.240 e. The summed E-state index contributed by atoms with van der Waals surface area (Å²) < 4.78 is 1.08. The Bertz CT molecular complexity index is 484.